The molecule has 2 aromatic rings. The molecule has 70 valence electrons. The molecule has 0 aliphatic carbocycles. The van der Waals surface area contributed by atoms with Gasteiger partial charge < -0.3 is 10.8 Å². The van der Waals surface area contributed by atoms with Gasteiger partial charge in [0, 0.05) is 11.6 Å². The van der Waals surface area contributed by atoms with Crippen molar-refractivity contribution in [3.63, 3.8) is 0 Å². The first-order chi connectivity index (χ1) is 6.68. The monoisotopic (exact) mass is 189 g/mol. The Kier molecular flexibility index (Phi) is 1.78. The minimum Gasteiger partial charge on any atom is -0.476 e. The molecule has 0 amide bonds. The van der Waals surface area contributed by atoms with Crippen LogP contribution in [0.25, 0.3) is 11.0 Å². The van der Waals surface area contributed by atoms with E-state index in [0.29, 0.717) is 5.65 Å². The number of aromatic nitrogens is 2. The number of carbonyl (C=O) groups is 1. The van der Waals surface area contributed by atoms with Crippen LogP contribution < -0.4 is 5.73 Å². The van der Waals surface area contributed by atoms with Crippen molar-refractivity contribution in [2.75, 3.05) is 5.73 Å². The van der Waals surface area contributed by atoms with Crippen LogP contribution in [0.15, 0.2) is 24.4 Å². The summed E-state index contributed by atoms with van der Waals surface area (Å²) in [6.07, 6.45) is 1.55. The zero-order valence-corrected chi connectivity index (χ0v) is 7.14. The van der Waals surface area contributed by atoms with E-state index in [9.17, 15) is 4.79 Å². The van der Waals surface area contributed by atoms with Crippen LogP contribution in [-0.4, -0.2) is 21.0 Å². The van der Waals surface area contributed by atoms with Gasteiger partial charge >= 0.3 is 5.97 Å². The van der Waals surface area contributed by atoms with E-state index < -0.39 is 5.97 Å². The van der Waals surface area contributed by atoms with Crippen molar-refractivity contribution in [2.45, 2.75) is 0 Å². The number of aromatic carboxylic acids is 1. The first-order valence-electron chi connectivity index (χ1n) is 3.93. The van der Waals surface area contributed by atoms with Crippen molar-refractivity contribution in [1.82, 2.24) is 9.97 Å². The van der Waals surface area contributed by atoms with Crippen LogP contribution in [0.5, 0.6) is 0 Å². The van der Waals surface area contributed by atoms with Gasteiger partial charge in [0.2, 0.25) is 0 Å². The van der Waals surface area contributed by atoms with E-state index in [1.54, 1.807) is 24.4 Å². The number of hydrogen-bond acceptors (Lipinski definition) is 4. The number of carboxylic acid groups (broad SMARTS) is 1. The third-order valence-electron chi connectivity index (χ3n) is 1.82. The zero-order chi connectivity index (χ0) is 10.1. The Morgan fingerprint density at radius 3 is 3.00 bits per heavy atom. The highest BCUT2D eigenvalue weighted by Crippen LogP contribution is 2.16. The lowest BCUT2D eigenvalue weighted by Gasteiger charge is -2.01. The molecule has 0 saturated carbocycles. The molecule has 0 fully saturated rings. The fourth-order valence-electron chi connectivity index (χ4n) is 1.19. The second-order valence-electron chi connectivity index (χ2n) is 2.78. The van der Waals surface area contributed by atoms with Crippen molar-refractivity contribution in [3.8, 4) is 0 Å². The van der Waals surface area contributed by atoms with Gasteiger partial charge in [-0.15, -0.1) is 0 Å². The van der Waals surface area contributed by atoms with Crippen LogP contribution in [0.4, 0.5) is 5.69 Å². The smallest absolute Gasteiger partial charge is 0.356 e. The van der Waals surface area contributed by atoms with Gasteiger partial charge in [0.15, 0.2) is 11.3 Å². The van der Waals surface area contributed by atoms with Gasteiger partial charge in [-0.2, -0.15) is 0 Å². The Morgan fingerprint density at radius 2 is 2.29 bits per heavy atom. The van der Waals surface area contributed by atoms with E-state index in [4.69, 9.17) is 10.8 Å². The molecule has 0 bridgehead atoms. The number of rotatable bonds is 1. The van der Waals surface area contributed by atoms with Crippen LogP contribution in [0.3, 0.4) is 0 Å². The Bertz CT molecular complexity index is 510. The summed E-state index contributed by atoms with van der Waals surface area (Å²) in [5.41, 5.74) is 5.90. The van der Waals surface area contributed by atoms with Crippen molar-refractivity contribution >= 4 is 22.7 Å². The lowest BCUT2D eigenvalue weighted by molar-refractivity contribution is 0.0692. The highest BCUT2D eigenvalue weighted by Gasteiger charge is 2.10. The third kappa shape index (κ3) is 1.24. The summed E-state index contributed by atoms with van der Waals surface area (Å²) in [4.78, 5) is 18.5. The maximum Gasteiger partial charge on any atom is 0.356 e. The molecule has 2 rings (SSSR count). The standard InChI is InChI=1S/C9H7N3O2/c10-6-4-5-2-1-3-11-8(5)12-7(6)9(13)14/h1-4H,10H2,(H,13,14). The second kappa shape index (κ2) is 2.95. The molecule has 14 heavy (non-hydrogen) atoms. The quantitative estimate of drug-likeness (QED) is 0.695. The summed E-state index contributed by atoms with van der Waals surface area (Å²) in [5.74, 6) is -1.14. The van der Waals surface area contributed by atoms with E-state index >= 15 is 0 Å². The van der Waals surface area contributed by atoms with Crippen LogP contribution in [0.2, 0.25) is 0 Å². The van der Waals surface area contributed by atoms with Gasteiger partial charge in [0.05, 0.1) is 5.69 Å². The summed E-state index contributed by atoms with van der Waals surface area (Å²) in [7, 11) is 0. The summed E-state index contributed by atoms with van der Waals surface area (Å²) in [5, 5.41) is 9.49. The van der Waals surface area contributed by atoms with Gasteiger partial charge in [0.1, 0.15) is 0 Å². The molecule has 0 atom stereocenters. The lowest BCUT2D eigenvalue weighted by atomic mass is 10.2. The molecule has 0 saturated heterocycles. The Labute approximate surface area is 79.2 Å². The summed E-state index contributed by atoms with van der Waals surface area (Å²) < 4.78 is 0. The molecule has 0 aromatic carbocycles. The zero-order valence-electron chi connectivity index (χ0n) is 7.14. The van der Waals surface area contributed by atoms with Gasteiger partial charge in [0.25, 0.3) is 0 Å². The van der Waals surface area contributed by atoms with Gasteiger partial charge in [-0.1, -0.05) is 0 Å². The normalized spacial score (nSPS) is 10.3. The molecule has 0 spiro atoms. The van der Waals surface area contributed by atoms with Crippen LogP contribution in [0.1, 0.15) is 10.5 Å². The third-order valence-corrected chi connectivity index (χ3v) is 1.82. The maximum absolute atomic E-state index is 10.7. The van der Waals surface area contributed by atoms with E-state index in [1.807, 2.05) is 0 Å². The fourth-order valence-corrected chi connectivity index (χ4v) is 1.19. The molecule has 2 heterocycles. The molecule has 0 aliphatic rings. The van der Waals surface area contributed by atoms with E-state index in [0.717, 1.165) is 5.39 Å². The van der Waals surface area contributed by atoms with Gasteiger partial charge in [-0.25, -0.2) is 14.8 Å². The molecule has 0 aliphatic heterocycles. The van der Waals surface area contributed by atoms with Crippen LogP contribution in [0, 0.1) is 0 Å². The SMILES string of the molecule is Nc1cc2cccnc2nc1C(=O)O. The Hall–Kier alpha value is -2.17. The number of nitrogen functional groups attached to an aromatic ring is 1. The predicted octanol–water partition coefficient (Wildman–Crippen LogP) is 0.910. The van der Waals surface area contributed by atoms with E-state index in [-0.39, 0.29) is 11.4 Å². The van der Waals surface area contributed by atoms with Crippen molar-refractivity contribution in [3.05, 3.63) is 30.1 Å². The minimum atomic E-state index is -1.14. The van der Waals surface area contributed by atoms with Crippen molar-refractivity contribution < 1.29 is 9.90 Å². The van der Waals surface area contributed by atoms with Crippen molar-refractivity contribution in [1.29, 1.82) is 0 Å². The Morgan fingerprint density at radius 1 is 1.50 bits per heavy atom. The average Bonchev–Trinajstić information content (AvgIpc) is 2.16. The van der Waals surface area contributed by atoms with Gasteiger partial charge in [-0.05, 0) is 18.2 Å². The highest BCUT2D eigenvalue weighted by atomic mass is 16.4. The summed E-state index contributed by atoms with van der Waals surface area (Å²) in [6, 6.07) is 5.07. The number of carboxylic acids is 1. The molecule has 5 nitrogen and oxygen atoms in total. The average molecular weight is 189 g/mol. The number of anilines is 1. The minimum absolute atomic E-state index is 0.151. The molecular weight excluding hydrogens is 182 g/mol. The number of pyridine rings is 2. The molecule has 3 N–H and O–H groups in total. The maximum atomic E-state index is 10.7. The summed E-state index contributed by atoms with van der Waals surface area (Å²) >= 11 is 0. The number of fused-ring (bicyclic) bond motifs is 1. The van der Waals surface area contributed by atoms with Crippen LogP contribution in [-0.2, 0) is 0 Å². The van der Waals surface area contributed by atoms with Crippen molar-refractivity contribution in [2.24, 2.45) is 0 Å². The largest absolute Gasteiger partial charge is 0.476 e. The Balaban J connectivity index is 2.77. The molecular formula is C9H7N3O2. The highest BCUT2D eigenvalue weighted by molar-refractivity contribution is 5.95. The van der Waals surface area contributed by atoms with Gasteiger partial charge in [-0.3, -0.25) is 0 Å². The lowest BCUT2D eigenvalue weighted by Crippen LogP contribution is -2.06. The number of nitrogens with two attached hydrogens (primary N) is 1. The molecule has 0 radical (unpaired) electrons. The molecule has 0 unspecified atom stereocenters. The first kappa shape index (κ1) is 8.43. The topological polar surface area (TPSA) is 89.1 Å². The molecule has 5 heteroatoms. The summed E-state index contributed by atoms with van der Waals surface area (Å²) in [6.45, 7) is 0. The number of hydrogen-bond donors (Lipinski definition) is 2. The van der Waals surface area contributed by atoms with Crippen LogP contribution >= 0.6 is 0 Å². The molecule has 2 aromatic heterocycles. The second-order valence-corrected chi connectivity index (χ2v) is 2.78. The predicted molar refractivity (Wildman–Crippen MR) is 50.9 cm³/mol. The fraction of sp³-hybridized carbons (Fsp3) is 0. The van der Waals surface area contributed by atoms with E-state index in [1.165, 1.54) is 0 Å². The van der Waals surface area contributed by atoms with E-state index in [2.05, 4.69) is 9.97 Å². The number of nitrogens with zero attached hydrogens (tertiary/aromatic N) is 2. The first-order valence-corrected chi connectivity index (χ1v) is 3.93.